The van der Waals surface area contributed by atoms with Crippen molar-refractivity contribution in [2.75, 3.05) is 11.9 Å². The molecule has 0 spiro atoms. The number of aromatic nitrogens is 1. The van der Waals surface area contributed by atoms with Crippen LogP contribution in [-0.4, -0.2) is 24.1 Å². The Morgan fingerprint density at radius 3 is 2.37 bits per heavy atom. The van der Waals surface area contributed by atoms with Crippen molar-refractivity contribution in [3.05, 3.63) is 23.4 Å². The van der Waals surface area contributed by atoms with E-state index in [-0.39, 0.29) is 0 Å². The van der Waals surface area contributed by atoms with Crippen molar-refractivity contribution in [2.24, 2.45) is 0 Å². The van der Waals surface area contributed by atoms with Crippen LogP contribution in [0, 0.1) is 6.92 Å². The van der Waals surface area contributed by atoms with Crippen LogP contribution in [0.25, 0.3) is 0 Å². The van der Waals surface area contributed by atoms with E-state index >= 15 is 0 Å². The number of rotatable bonds is 7. The topological polar surface area (TPSA) is 28.2 Å². The molecule has 0 aliphatic carbocycles. The molecule has 1 rings (SSSR count). The lowest BCUT2D eigenvalue weighted by Crippen LogP contribution is -2.31. The van der Waals surface area contributed by atoms with Crippen molar-refractivity contribution in [1.82, 2.24) is 10.3 Å². The molecule has 3 nitrogen and oxygen atoms in total. The fourth-order valence-corrected chi connectivity index (χ4v) is 2.35. The Bertz CT molecular complexity index is 384. The van der Waals surface area contributed by atoms with Gasteiger partial charge in [0.25, 0.3) is 0 Å². The van der Waals surface area contributed by atoms with Gasteiger partial charge in [-0.3, -0.25) is 0 Å². The number of pyridine rings is 1. The smallest absolute Gasteiger partial charge is 0.129 e. The van der Waals surface area contributed by atoms with Gasteiger partial charge in [0, 0.05) is 31.4 Å². The SMILES string of the molecule is CCC(CC)N(C)c1cc(CNC(C)C)cc(C)n1. The Morgan fingerprint density at radius 2 is 1.84 bits per heavy atom. The summed E-state index contributed by atoms with van der Waals surface area (Å²) in [7, 11) is 2.15. The van der Waals surface area contributed by atoms with E-state index in [0.717, 1.165) is 30.9 Å². The molecule has 0 radical (unpaired) electrons. The van der Waals surface area contributed by atoms with Crippen molar-refractivity contribution in [3.8, 4) is 0 Å². The molecular weight excluding hydrogens is 234 g/mol. The van der Waals surface area contributed by atoms with Crippen LogP contribution in [0.15, 0.2) is 12.1 Å². The molecule has 0 aromatic carbocycles. The van der Waals surface area contributed by atoms with Crippen LogP contribution in [0.4, 0.5) is 5.82 Å². The molecule has 1 aromatic rings. The lowest BCUT2D eigenvalue weighted by Gasteiger charge is -2.28. The number of aryl methyl sites for hydroxylation is 1. The van der Waals surface area contributed by atoms with E-state index in [2.05, 4.69) is 69.0 Å². The van der Waals surface area contributed by atoms with Gasteiger partial charge in [-0.2, -0.15) is 0 Å². The summed E-state index contributed by atoms with van der Waals surface area (Å²) in [5, 5.41) is 3.47. The zero-order valence-electron chi connectivity index (χ0n) is 13.3. The molecule has 0 saturated carbocycles. The van der Waals surface area contributed by atoms with E-state index in [1.54, 1.807) is 0 Å². The van der Waals surface area contributed by atoms with Crippen molar-refractivity contribution < 1.29 is 0 Å². The van der Waals surface area contributed by atoms with Gasteiger partial charge in [-0.1, -0.05) is 27.7 Å². The summed E-state index contributed by atoms with van der Waals surface area (Å²) in [5.41, 5.74) is 2.41. The Morgan fingerprint density at radius 1 is 1.21 bits per heavy atom. The third-order valence-corrected chi connectivity index (χ3v) is 3.57. The van der Waals surface area contributed by atoms with Gasteiger partial charge in [-0.15, -0.1) is 0 Å². The third kappa shape index (κ3) is 4.83. The average molecular weight is 263 g/mol. The van der Waals surface area contributed by atoms with Crippen molar-refractivity contribution in [1.29, 1.82) is 0 Å². The summed E-state index contributed by atoms with van der Waals surface area (Å²) in [6.07, 6.45) is 2.31. The summed E-state index contributed by atoms with van der Waals surface area (Å²) in [6, 6.07) is 5.45. The molecule has 1 heterocycles. The number of anilines is 1. The normalized spacial score (nSPS) is 11.4. The zero-order chi connectivity index (χ0) is 14.4. The summed E-state index contributed by atoms with van der Waals surface area (Å²) in [4.78, 5) is 6.99. The number of nitrogens with one attached hydrogen (secondary N) is 1. The Labute approximate surface area is 118 Å². The average Bonchev–Trinajstić information content (AvgIpc) is 2.37. The van der Waals surface area contributed by atoms with E-state index in [1.165, 1.54) is 5.56 Å². The molecule has 0 atom stereocenters. The Kier molecular flexibility index (Phi) is 6.29. The molecule has 0 fully saturated rings. The van der Waals surface area contributed by atoms with Crippen LogP contribution in [0.1, 0.15) is 51.8 Å². The first kappa shape index (κ1) is 16.0. The van der Waals surface area contributed by atoms with Gasteiger partial charge >= 0.3 is 0 Å². The van der Waals surface area contributed by atoms with Gasteiger partial charge in [0.15, 0.2) is 0 Å². The summed E-state index contributed by atoms with van der Waals surface area (Å²) < 4.78 is 0. The molecule has 0 aliphatic rings. The van der Waals surface area contributed by atoms with E-state index in [4.69, 9.17) is 0 Å². The maximum atomic E-state index is 4.68. The van der Waals surface area contributed by atoms with Gasteiger partial charge in [0.05, 0.1) is 0 Å². The minimum atomic E-state index is 0.508. The van der Waals surface area contributed by atoms with E-state index < -0.39 is 0 Å². The van der Waals surface area contributed by atoms with Crippen molar-refractivity contribution in [3.63, 3.8) is 0 Å². The first-order chi connectivity index (χ1) is 8.97. The maximum absolute atomic E-state index is 4.68. The van der Waals surface area contributed by atoms with E-state index in [0.29, 0.717) is 12.1 Å². The lowest BCUT2D eigenvalue weighted by atomic mass is 10.1. The highest BCUT2D eigenvalue weighted by atomic mass is 15.2. The molecule has 108 valence electrons. The van der Waals surface area contributed by atoms with Crippen LogP contribution >= 0.6 is 0 Å². The Balaban J connectivity index is 2.89. The van der Waals surface area contributed by atoms with Crippen LogP contribution in [0.3, 0.4) is 0 Å². The second-order valence-corrected chi connectivity index (χ2v) is 5.59. The largest absolute Gasteiger partial charge is 0.357 e. The first-order valence-corrected chi connectivity index (χ1v) is 7.41. The molecule has 3 heteroatoms. The highest BCUT2D eigenvalue weighted by molar-refractivity contribution is 5.43. The van der Waals surface area contributed by atoms with Crippen LogP contribution in [-0.2, 0) is 6.54 Å². The third-order valence-electron chi connectivity index (χ3n) is 3.57. The standard InChI is InChI=1S/C16H29N3/c1-7-15(8-2)19(6)16-10-14(9-13(5)18-16)11-17-12(3)4/h9-10,12,15,17H,7-8,11H2,1-6H3. The molecule has 0 bridgehead atoms. The molecule has 1 N–H and O–H groups in total. The first-order valence-electron chi connectivity index (χ1n) is 7.41. The van der Waals surface area contributed by atoms with Crippen LogP contribution in [0.2, 0.25) is 0 Å². The second kappa shape index (κ2) is 7.49. The fourth-order valence-electron chi connectivity index (χ4n) is 2.35. The molecule has 1 aromatic heterocycles. The zero-order valence-corrected chi connectivity index (χ0v) is 13.3. The highest BCUT2D eigenvalue weighted by Crippen LogP contribution is 2.19. The molecule has 0 saturated heterocycles. The molecule has 0 amide bonds. The predicted octanol–water partition coefficient (Wildman–Crippen LogP) is 3.51. The minimum absolute atomic E-state index is 0.508. The summed E-state index contributed by atoms with van der Waals surface area (Å²) >= 11 is 0. The fraction of sp³-hybridized carbons (Fsp3) is 0.688. The van der Waals surface area contributed by atoms with Gasteiger partial charge in [-0.25, -0.2) is 4.98 Å². The number of hydrogen-bond donors (Lipinski definition) is 1. The maximum Gasteiger partial charge on any atom is 0.129 e. The minimum Gasteiger partial charge on any atom is -0.357 e. The van der Waals surface area contributed by atoms with E-state index in [1.807, 2.05) is 0 Å². The summed E-state index contributed by atoms with van der Waals surface area (Å²) in [5.74, 6) is 1.09. The van der Waals surface area contributed by atoms with Gasteiger partial charge in [0.2, 0.25) is 0 Å². The number of hydrogen-bond acceptors (Lipinski definition) is 3. The van der Waals surface area contributed by atoms with Gasteiger partial charge < -0.3 is 10.2 Å². The molecular formula is C16H29N3. The number of nitrogens with zero attached hydrogens (tertiary/aromatic N) is 2. The molecule has 0 aliphatic heterocycles. The monoisotopic (exact) mass is 263 g/mol. The van der Waals surface area contributed by atoms with Crippen molar-refractivity contribution >= 4 is 5.82 Å². The highest BCUT2D eigenvalue weighted by Gasteiger charge is 2.13. The lowest BCUT2D eigenvalue weighted by molar-refractivity contribution is 0.580. The van der Waals surface area contributed by atoms with Gasteiger partial charge in [0.1, 0.15) is 5.82 Å². The second-order valence-electron chi connectivity index (χ2n) is 5.59. The van der Waals surface area contributed by atoms with Crippen molar-refractivity contribution in [2.45, 2.75) is 66.1 Å². The van der Waals surface area contributed by atoms with Crippen LogP contribution in [0.5, 0.6) is 0 Å². The molecule has 19 heavy (non-hydrogen) atoms. The molecule has 0 unspecified atom stereocenters. The van der Waals surface area contributed by atoms with E-state index in [9.17, 15) is 0 Å². The summed E-state index contributed by atoms with van der Waals surface area (Å²) in [6.45, 7) is 11.8. The van der Waals surface area contributed by atoms with Gasteiger partial charge in [-0.05, 0) is 37.5 Å². The predicted molar refractivity (Wildman–Crippen MR) is 83.7 cm³/mol. The quantitative estimate of drug-likeness (QED) is 0.816. The Hall–Kier alpha value is -1.09. The van der Waals surface area contributed by atoms with Crippen LogP contribution < -0.4 is 10.2 Å².